The molecule has 0 spiro atoms. The second-order valence-corrected chi connectivity index (χ2v) is 7.45. The summed E-state index contributed by atoms with van der Waals surface area (Å²) in [5, 5.41) is 15.3. The molecule has 160 valence electrons. The van der Waals surface area contributed by atoms with Crippen LogP contribution in [-0.4, -0.2) is 52.9 Å². The molecule has 1 aliphatic rings. The molecule has 0 unspecified atom stereocenters. The highest BCUT2D eigenvalue weighted by atomic mass is 19.1. The first-order valence-electron chi connectivity index (χ1n) is 10.0. The van der Waals surface area contributed by atoms with Gasteiger partial charge in [0.1, 0.15) is 5.82 Å². The van der Waals surface area contributed by atoms with Crippen molar-refractivity contribution < 1.29 is 14.1 Å². The topological polar surface area (TPSA) is 91.6 Å². The van der Waals surface area contributed by atoms with E-state index in [1.54, 1.807) is 37.4 Å². The average molecular weight is 423 g/mol. The molecule has 31 heavy (non-hydrogen) atoms. The summed E-state index contributed by atoms with van der Waals surface area (Å²) in [6, 6.07) is 10.7. The molecule has 2 heterocycles. The van der Waals surface area contributed by atoms with E-state index < -0.39 is 16.8 Å². The van der Waals surface area contributed by atoms with Crippen molar-refractivity contribution >= 4 is 33.7 Å². The number of benzene rings is 2. The standard InChI is InChI=1S/C22H22FN5O3/c1-15(22(29)25-19-5-3-2-4-18(19)23)26-10-12-27(13-11-26)20-6-7-21(28(30)31)17-14-24-9-8-16(17)20/h2-9,14-15H,10-13H2,1H3,(H,25,29)/t15-/m0/s1. The van der Waals surface area contributed by atoms with Crippen molar-refractivity contribution in [3.8, 4) is 0 Å². The lowest BCUT2D eigenvalue weighted by Crippen LogP contribution is -2.52. The van der Waals surface area contributed by atoms with E-state index in [9.17, 15) is 19.3 Å². The van der Waals surface area contributed by atoms with Crippen molar-refractivity contribution in [3.05, 3.63) is 70.8 Å². The number of nitrogens with one attached hydrogen (secondary N) is 1. The summed E-state index contributed by atoms with van der Waals surface area (Å²) in [5.74, 6) is -0.724. The molecule has 0 radical (unpaired) electrons. The second-order valence-electron chi connectivity index (χ2n) is 7.45. The summed E-state index contributed by atoms with van der Waals surface area (Å²) >= 11 is 0. The molecule has 9 heteroatoms. The third-order valence-electron chi connectivity index (χ3n) is 5.68. The number of nitro benzene ring substituents is 1. The van der Waals surface area contributed by atoms with E-state index in [1.165, 1.54) is 24.4 Å². The molecular formula is C22H22FN5O3. The largest absolute Gasteiger partial charge is 0.368 e. The summed E-state index contributed by atoms with van der Waals surface area (Å²) in [5.41, 5.74) is 1.11. The summed E-state index contributed by atoms with van der Waals surface area (Å²) in [6.07, 6.45) is 3.14. The Labute approximate surface area is 178 Å². The van der Waals surface area contributed by atoms with Crippen LogP contribution < -0.4 is 10.2 Å². The lowest BCUT2D eigenvalue weighted by atomic mass is 10.1. The van der Waals surface area contributed by atoms with Crippen LogP contribution in [0.15, 0.2) is 54.9 Å². The van der Waals surface area contributed by atoms with Gasteiger partial charge in [-0.15, -0.1) is 0 Å². The SMILES string of the molecule is C[C@@H](C(=O)Nc1ccccc1F)N1CCN(c2ccc([N+](=O)[O-])c3cnccc23)CC1. The molecule has 4 rings (SSSR count). The molecule has 1 atom stereocenters. The Kier molecular flexibility index (Phi) is 5.77. The fraction of sp³-hybridized carbons (Fsp3) is 0.273. The average Bonchev–Trinajstić information content (AvgIpc) is 2.79. The number of hydrogen-bond acceptors (Lipinski definition) is 6. The molecule has 1 aliphatic heterocycles. The van der Waals surface area contributed by atoms with E-state index in [4.69, 9.17) is 0 Å². The van der Waals surface area contributed by atoms with Crippen LogP contribution in [0.5, 0.6) is 0 Å². The molecule has 0 aliphatic carbocycles. The van der Waals surface area contributed by atoms with E-state index in [0.717, 1.165) is 11.1 Å². The van der Waals surface area contributed by atoms with Gasteiger partial charge in [-0.2, -0.15) is 0 Å². The van der Waals surface area contributed by atoms with Crippen LogP contribution in [0.4, 0.5) is 21.5 Å². The normalized spacial score (nSPS) is 15.6. The highest BCUT2D eigenvalue weighted by molar-refractivity contribution is 5.99. The van der Waals surface area contributed by atoms with Crippen molar-refractivity contribution in [2.24, 2.45) is 0 Å². The summed E-state index contributed by atoms with van der Waals surface area (Å²) in [4.78, 5) is 31.8. The number of aromatic nitrogens is 1. The number of nitro groups is 1. The van der Waals surface area contributed by atoms with Crippen molar-refractivity contribution in [2.45, 2.75) is 13.0 Å². The maximum Gasteiger partial charge on any atom is 0.278 e. The zero-order valence-corrected chi connectivity index (χ0v) is 17.0. The quantitative estimate of drug-likeness (QED) is 0.499. The first-order chi connectivity index (χ1) is 15.0. The first-order valence-corrected chi connectivity index (χ1v) is 10.0. The van der Waals surface area contributed by atoms with Gasteiger partial charge in [-0.05, 0) is 31.2 Å². The number of piperazine rings is 1. The van der Waals surface area contributed by atoms with Gasteiger partial charge >= 0.3 is 0 Å². The highest BCUT2D eigenvalue weighted by Crippen LogP contribution is 2.33. The molecular weight excluding hydrogens is 401 g/mol. The minimum absolute atomic E-state index is 0.0314. The minimum atomic E-state index is -0.465. The molecule has 1 N–H and O–H groups in total. The van der Waals surface area contributed by atoms with Crippen molar-refractivity contribution in [1.82, 2.24) is 9.88 Å². The number of rotatable bonds is 5. The van der Waals surface area contributed by atoms with E-state index >= 15 is 0 Å². The van der Waals surface area contributed by atoms with Crippen LogP contribution in [0.3, 0.4) is 0 Å². The van der Waals surface area contributed by atoms with Gasteiger partial charge < -0.3 is 10.2 Å². The van der Waals surface area contributed by atoms with Crippen LogP contribution in [-0.2, 0) is 4.79 Å². The van der Waals surface area contributed by atoms with Crippen molar-refractivity contribution in [3.63, 3.8) is 0 Å². The molecule has 1 aromatic heterocycles. The van der Waals surface area contributed by atoms with E-state index in [1.807, 2.05) is 4.90 Å². The highest BCUT2D eigenvalue weighted by Gasteiger charge is 2.27. The predicted molar refractivity (Wildman–Crippen MR) is 117 cm³/mol. The Hall–Kier alpha value is -3.59. The zero-order chi connectivity index (χ0) is 22.0. The van der Waals surface area contributed by atoms with Gasteiger partial charge in [0.05, 0.1) is 22.0 Å². The number of hydrogen-bond donors (Lipinski definition) is 1. The summed E-state index contributed by atoms with van der Waals surface area (Å²) in [6.45, 7) is 4.39. The minimum Gasteiger partial charge on any atom is -0.368 e. The molecule has 8 nitrogen and oxygen atoms in total. The fourth-order valence-corrected chi connectivity index (χ4v) is 3.91. The lowest BCUT2D eigenvalue weighted by molar-refractivity contribution is -0.383. The monoisotopic (exact) mass is 423 g/mol. The number of nitrogens with zero attached hydrogens (tertiary/aromatic N) is 4. The number of para-hydroxylation sites is 1. The van der Waals surface area contributed by atoms with Gasteiger partial charge in [0.2, 0.25) is 5.91 Å². The van der Waals surface area contributed by atoms with Crippen LogP contribution >= 0.6 is 0 Å². The Bertz CT molecular complexity index is 1130. The van der Waals surface area contributed by atoms with Gasteiger partial charge in [0.15, 0.2) is 0 Å². The smallest absolute Gasteiger partial charge is 0.278 e. The second kappa shape index (κ2) is 8.65. The van der Waals surface area contributed by atoms with Crippen LogP contribution in [0.25, 0.3) is 10.8 Å². The number of fused-ring (bicyclic) bond motifs is 1. The Morgan fingerprint density at radius 1 is 1.13 bits per heavy atom. The lowest BCUT2D eigenvalue weighted by Gasteiger charge is -2.38. The van der Waals surface area contributed by atoms with Gasteiger partial charge in [-0.1, -0.05) is 12.1 Å². The number of carbonyl (C=O) groups excluding carboxylic acids is 1. The zero-order valence-electron chi connectivity index (χ0n) is 17.0. The molecule has 1 fully saturated rings. The number of pyridine rings is 1. The van der Waals surface area contributed by atoms with Gasteiger partial charge in [-0.25, -0.2) is 4.39 Å². The van der Waals surface area contributed by atoms with Gasteiger partial charge in [-0.3, -0.25) is 24.8 Å². The summed E-state index contributed by atoms with van der Waals surface area (Å²) in [7, 11) is 0. The number of non-ortho nitro benzene ring substituents is 1. The third-order valence-corrected chi connectivity index (χ3v) is 5.68. The Morgan fingerprint density at radius 3 is 2.58 bits per heavy atom. The molecule has 2 aromatic carbocycles. The van der Waals surface area contributed by atoms with Crippen molar-refractivity contribution in [2.75, 3.05) is 36.4 Å². The fourth-order valence-electron chi connectivity index (χ4n) is 3.91. The van der Waals surface area contributed by atoms with E-state index in [0.29, 0.717) is 31.6 Å². The van der Waals surface area contributed by atoms with Crippen LogP contribution in [0.1, 0.15) is 6.92 Å². The van der Waals surface area contributed by atoms with Gasteiger partial charge in [0, 0.05) is 55.7 Å². The van der Waals surface area contributed by atoms with Gasteiger partial charge in [0.25, 0.3) is 5.69 Å². The number of anilines is 2. The van der Waals surface area contributed by atoms with Crippen molar-refractivity contribution in [1.29, 1.82) is 0 Å². The first kappa shape index (κ1) is 20.7. The molecule has 0 bridgehead atoms. The number of amides is 1. The summed E-state index contributed by atoms with van der Waals surface area (Å²) < 4.78 is 13.8. The predicted octanol–water partition coefficient (Wildman–Crippen LogP) is 3.43. The van der Waals surface area contributed by atoms with E-state index in [-0.39, 0.29) is 17.3 Å². The van der Waals surface area contributed by atoms with Crippen LogP contribution in [0.2, 0.25) is 0 Å². The third kappa shape index (κ3) is 4.17. The van der Waals surface area contributed by atoms with Crippen LogP contribution in [0, 0.1) is 15.9 Å². The maximum atomic E-state index is 13.8. The Morgan fingerprint density at radius 2 is 1.87 bits per heavy atom. The van der Waals surface area contributed by atoms with E-state index in [2.05, 4.69) is 15.2 Å². The molecule has 3 aromatic rings. The number of halogens is 1. The molecule has 0 saturated carbocycles. The number of carbonyl (C=O) groups is 1. The Balaban J connectivity index is 1.45. The molecule has 1 saturated heterocycles. The molecule has 1 amide bonds. The maximum absolute atomic E-state index is 13.8.